The number of benzene rings is 2. The molecule has 0 aliphatic heterocycles. The molecular weight excluding hydrogens is 432 g/mol. The monoisotopic (exact) mass is 450 g/mol. The molecule has 2 rings (SSSR count). The molecular formula is C20H18O12. The molecule has 2 atom stereocenters. The Bertz CT molecular complexity index is 1040. The number of carboxylic acid groups (broad SMARTS) is 1. The van der Waals surface area contributed by atoms with Crippen LogP contribution >= 0.6 is 0 Å². The lowest BCUT2D eigenvalue weighted by Gasteiger charge is -2.18. The summed E-state index contributed by atoms with van der Waals surface area (Å²) in [5.74, 6) is -7.43. The highest BCUT2D eigenvalue weighted by Gasteiger charge is 2.31. The highest BCUT2D eigenvalue weighted by Crippen LogP contribution is 2.35. The molecule has 12 heteroatoms. The molecule has 170 valence electrons. The zero-order chi connectivity index (χ0) is 24.0. The molecule has 0 spiro atoms. The Labute approximate surface area is 179 Å². The number of carbonyl (C=O) groups is 3. The number of hydrogen-bond acceptors (Lipinski definition) is 11. The fraction of sp³-hybridized carbons (Fsp3) is 0.150. The van der Waals surface area contributed by atoms with Gasteiger partial charge >= 0.3 is 17.9 Å². The van der Waals surface area contributed by atoms with Crippen LogP contribution in [0.3, 0.4) is 0 Å². The van der Waals surface area contributed by atoms with Crippen molar-refractivity contribution >= 4 is 24.0 Å². The molecule has 12 nitrogen and oxygen atoms in total. The van der Waals surface area contributed by atoms with Gasteiger partial charge in [0.2, 0.25) is 6.10 Å². The van der Waals surface area contributed by atoms with E-state index in [1.165, 1.54) is 6.07 Å². The van der Waals surface area contributed by atoms with E-state index in [4.69, 9.17) is 0 Å². The topological polar surface area (TPSA) is 211 Å². The maximum absolute atomic E-state index is 11.9. The number of aliphatic hydroxyl groups is 1. The minimum atomic E-state index is -2.12. The number of aromatic hydroxyl groups is 5. The molecule has 0 saturated heterocycles. The number of aliphatic hydroxyl groups excluding tert-OH is 1. The number of ether oxygens (including phenoxy) is 2. The first-order chi connectivity index (χ1) is 15.0. The normalized spacial score (nSPS) is 12.8. The van der Waals surface area contributed by atoms with Gasteiger partial charge in [0.25, 0.3) is 0 Å². The summed E-state index contributed by atoms with van der Waals surface area (Å²) < 4.78 is 9.34. The SMILES string of the molecule is O=C(C=Cc1ccc(O)c(O)c1)O[C@@H](C(=O)O)[C@@H](O)COC(=O)c1cc(O)c(O)c(O)c1. The number of carboxylic acids is 1. The van der Waals surface area contributed by atoms with Crippen LogP contribution in [0.25, 0.3) is 6.08 Å². The van der Waals surface area contributed by atoms with Gasteiger partial charge in [0, 0.05) is 6.08 Å². The average Bonchev–Trinajstić information content (AvgIpc) is 2.74. The minimum Gasteiger partial charge on any atom is -0.504 e. The molecule has 0 fully saturated rings. The standard InChI is InChI=1S/C20H18O12/c21-11-3-1-9(5-12(11)22)2-4-16(26)32-18(19(28)29)15(25)8-31-20(30)10-6-13(23)17(27)14(24)7-10/h1-7,15,18,21-25,27H,8H2,(H,28,29)/t15-,18+/m0/s1. The highest BCUT2D eigenvalue weighted by atomic mass is 16.6. The molecule has 32 heavy (non-hydrogen) atoms. The quantitative estimate of drug-likeness (QED) is 0.166. The fourth-order valence-corrected chi connectivity index (χ4v) is 2.32. The van der Waals surface area contributed by atoms with Crippen LogP contribution in [-0.4, -0.2) is 72.5 Å². The van der Waals surface area contributed by atoms with Crippen molar-refractivity contribution in [2.75, 3.05) is 6.61 Å². The molecule has 0 aliphatic rings. The van der Waals surface area contributed by atoms with E-state index in [2.05, 4.69) is 9.47 Å². The van der Waals surface area contributed by atoms with E-state index in [-0.39, 0.29) is 11.3 Å². The van der Waals surface area contributed by atoms with Crippen LogP contribution in [0.15, 0.2) is 36.4 Å². The maximum atomic E-state index is 11.9. The van der Waals surface area contributed by atoms with Gasteiger partial charge in [-0.15, -0.1) is 0 Å². The van der Waals surface area contributed by atoms with Gasteiger partial charge in [-0.3, -0.25) is 0 Å². The van der Waals surface area contributed by atoms with E-state index in [0.717, 1.165) is 36.4 Å². The van der Waals surface area contributed by atoms with Crippen LogP contribution in [0, 0.1) is 0 Å². The van der Waals surface area contributed by atoms with E-state index < -0.39 is 65.3 Å². The molecule has 0 saturated carbocycles. The Kier molecular flexibility index (Phi) is 7.47. The van der Waals surface area contributed by atoms with Crippen LogP contribution in [0.4, 0.5) is 0 Å². The van der Waals surface area contributed by atoms with Crippen molar-refractivity contribution < 1.29 is 59.6 Å². The number of hydrogen-bond donors (Lipinski definition) is 7. The minimum absolute atomic E-state index is 0.277. The van der Waals surface area contributed by atoms with Gasteiger partial charge in [-0.05, 0) is 35.9 Å². The van der Waals surface area contributed by atoms with Crippen LogP contribution < -0.4 is 0 Å². The van der Waals surface area contributed by atoms with E-state index in [1.807, 2.05) is 0 Å². The van der Waals surface area contributed by atoms with Crippen molar-refractivity contribution in [3.63, 3.8) is 0 Å². The lowest BCUT2D eigenvalue weighted by molar-refractivity contribution is -0.170. The molecule has 0 amide bonds. The third-order valence-electron chi connectivity index (χ3n) is 3.94. The van der Waals surface area contributed by atoms with Gasteiger partial charge in [-0.1, -0.05) is 6.07 Å². The largest absolute Gasteiger partial charge is 0.504 e. The van der Waals surface area contributed by atoms with Crippen LogP contribution in [0.2, 0.25) is 0 Å². The number of phenols is 5. The lowest BCUT2D eigenvalue weighted by Crippen LogP contribution is -2.41. The van der Waals surface area contributed by atoms with Gasteiger partial charge in [0.15, 0.2) is 28.7 Å². The summed E-state index contributed by atoms with van der Waals surface area (Å²) in [6, 6.07) is 5.17. The van der Waals surface area contributed by atoms with Crippen LogP contribution in [-0.2, 0) is 19.1 Å². The average molecular weight is 450 g/mol. The first-order valence-corrected chi connectivity index (χ1v) is 8.73. The second kappa shape index (κ2) is 10.0. The Morgan fingerprint density at radius 2 is 1.53 bits per heavy atom. The van der Waals surface area contributed by atoms with Crippen molar-refractivity contribution in [1.82, 2.24) is 0 Å². The van der Waals surface area contributed by atoms with Crippen LogP contribution in [0.1, 0.15) is 15.9 Å². The molecule has 0 unspecified atom stereocenters. The fourth-order valence-electron chi connectivity index (χ4n) is 2.32. The Morgan fingerprint density at radius 1 is 0.906 bits per heavy atom. The number of carbonyl (C=O) groups excluding carboxylic acids is 2. The third-order valence-corrected chi connectivity index (χ3v) is 3.94. The summed E-state index contributed by atoms with van der Waals surface area (Å²) in [6.45, 7) is -0.930. The first kappa shape index (κ1) is 23.8. The summed E-state index contributed by atoms with van der Waals surface area (Å²) in [6.07, 6.45) is -2.14. The zero-order valence-electron chi connectivity index (χ0n) is 16.1. The van der Waals surface area contributed by atoms with Gasteiger partial charge in [0.05, 0.1) is 5.56 Å². The molecule has 7 N–H and O–H groups in total. The maximum Gasteiger partial charge on any atom is 0.347 e. The van der Waals surface area contributed by atoms with Gasteiger partial charge in [-0.2, -0.15) is 0 Å². The van der Waals surface area contributed by atoms with Crippen molar-refractivity contribution in [3.05, 3.63) is 47.5 Å². The van der Waals surface area contributed by atoms with Gasteiger partial charge < -0.3 is 45.2 Å². The molecule has 2 aromatic carbocycles. The summed E-state index contributed by atoms with van der Waals surface area (Å²) >= 11 is 0. The zero-order valence-corrected chi connectivity index (χ0v) is 16.1. The highest BCUT2D eigenvalue weighted by molar-refractivity contribution is 5.91. The lowest BCUT2D eigenvalue weighted by atomic mass is 10.2. The summed E-state index contributed by atoms with van der Waals surface area (Å²) in [5.41, 5.74) is -0.132. The summed E-state index contributed by atoms with van der Waals surface area (Å²) in [5, 5.41) is 65.8. The number of rotatable bonds is 8. The molecule has 0 heterocycles. The van der Waals surface area contributed by atoms with Gasteiger partial charge in [-0.25, -0.2) is 14.4 Å². The second-order valence-electron chi connectivity index (χ2n) is 6.31. The number of aliphatic carboxylic acids is 1. The molecule has 0 bridgehead atoms. The van der Waals surface area contributed by atoms with Crippen molar-refractivity contribution in [2.45, 2.75) is 12.2 Å². The molecule has 2 aromatic rings. The Balaban J connectivity index is 1.99. The van der Waals surface area contributed by atoms with Crippen molar-refractivity contribution in [3.8, 4) is 28.7 Å². The number of phenolic OH excluding ortho intramolecular Hbond substituents is 5. The number of esters is 2. The first-order valence-electron chi connectivity index (χ1n) is 8.73. The van der Waals surface area contributed by atoms with Crippen molar-refractivity contribution in [2.24, 2.45) is 0 Å². The van der Waals surface area contributed by atoms with Gasteiger partial charge in [0.1, 0.15) is 12.7 Å². The molecule has 0 aliphatic carbocycles. The van der Waals surface area contributed by atoms with E-state index in [0.29, 0.717) is 0 Å². The predicted octanol–water partition coefficient (Wildman–Crippen LogP) is 0.442. The van der Waals surface area contributed by atoms with E-state index in [1.54, 1.807) is 0 Å². The van der Waals surface area contributed by atoms with Crippen molar-refractivity contribution in [1.29, 1.82) is 0 Å². The Morgan fingerprint density at radius 3 is 2.09 bits per heavy atom. The van der Waals surface area contributed by atoms with Crippen LogP contribution in [0.5, 0.6) is 28.7 Å². The molecule has 0 radical (unpaired) electrons. The van der Waals surface area contributed by atoms with E-state index >= 15 is 0 Å². The van der Waals surface area contributed by atoms with E-state index in [9.17, 15) is 50.1 Å². The third kappa shape index (κ3) is 6.03. The summed E-state index contributed by atoms with van der Waals surface area (Å²) in [4.78, 5) is 35.1. The smallest absolute Gasteiger partial charge is 0.347 e. The molecule has 0 aromatic heterocycles. The Hall–Kier alpha value is -4.45. The second-order valence-corrected chi connectivity index (χ2v) is 6.31. The predicted molar refractivity (Wildman–Crippen MR) is 104 cm³/mol. The summed E-state index contributed by atoms with van der Waals surface area (Å²) in [7, 11) is 0.